The van der Waals surface area contributed by atoms with Crippen molar-refractivity contribution in [1.29, 1.82) is 0 Å². The summed E-state index contributed by atoms with van der Waals surface area (Å²) in [6, 6.07) is 6.31. The summed E-state index contributed by atoms with van der Waals surface area (Å²) in [4.78, 5) is 42.1. The Morgan fingerprint density at radius 1 is 1.19 bits per heavy atom. The Kier molecular flexibility index (Phi) is 6.07. The summed E-state index contributed by atoms with van der Waals surface area (Å²) in [5, 5.41) is 3.15. The Labute approximate surface area is 183 Å². The van der Waals surface area contributed by atoms with Crippen LogP contribution in [0, 0.1) is 17.7 Å². The minimum absolute atomic E-state index is 0.114. The summed E-state index contributed by atoms with van der Waals surface area (Å²) in [7, 11) is 3.18. The molecule has 1 amide bonds. The molecule has 4 rings (SSSR count). The van der Waals surface area contributed by atoms with E-state index in [1.807, 2.05) is 0 Å². The Hall–Kier alpha value is -3.49. The molecule has 2 heterocycles. The number of hydrogen-bond donors (Lipinski definition) is 1. The van der Waals surface area contributed by atoms with Crippen molar-refractivity contribution in [2.45, 2.75) is 32.2 Å². The summed E-state index contributed by atoms with van der Waals surface area (Å²) < 4.78 is 21.3. The molecule has 1 fully saturated rings. The summed E-state index contributed by atoms with van der Waals surface area (Å²) in [5.74, 6) is -0.202. The molecule has 3 aromatic rings. The predicted octanol–water partition coefficient (Wildman–Crippen LogP) is 2.69. The van der Waals surface area contributed by atoms with E-state index in [0.29, 0.717) is 54.6 Å². The number of carbonyl (C=O) groups is 1. The van der Waals surface area contributed by atoms with E-state index < -0.39 is 5.82 Å². The van der Waals surface area contributed by atoms with Crippen molar-refractivity contribution < 1.29 is 13.9 Å². The Morgan fingerprint density at radius 3 is 2.62 bits per heavy atom. The number of hydrogen-bond acceptors (Lipinski definition) is 5. The first-order valence-electron chi connectivity index (χ1n) is 10.6. The van der Waals surface area contributed by atoms with Crippen molar-refractivity contribution in [2.75, 3.05) is 12.4 Å². The minimum Gasteiger partial charge on any atom is -0.497 e. The number of pyridine rings is 1. The van der Waals surface area contributed by atoms with Gasteiger partial charge in [-0.2, -0.15) is 0 Å². The standard InChI is InChI=1S/C23H25FN4O4/c1-27-20-8-7-18(32-2)10-19(20)22(30)28(23(27)31)13-14-3-5-15(6-4-14)21(29)26-17-9-16(24)11-25-12-17/h7-12,14-15H,3-6,13H2,1-2H3,(H,26,29). The molecule has 168 valence electrons. The van der Waals surface area contributed by atoms with Gasteiger partial charge in [0.15, 0.2) is 0 Å². The molecule has 32 heavy (non-hydrogen) atoms. The van der Waals surface area contributed by atoms with Crippen LogP contribution in [-0.2, 0) is 18.4 Å². The van der Waals surface area contributed by atoms with E-state index in [9.17, 15) is 18.8 Å². The number of benzene rings is 1. The van der Waals surface area contributed by atoms with Crippen LogP contribution in [0.25, 0.3) is 10.9 Å². The third-order valence-electron chi connectivity index (χ3n) is 6.19. The number of nitrogens with zero attached hydrogens (tertiary/aromatic N) is 3. The van der Waals surface area contributed by atoms with Gasteiger partial charge >= 0.3 is 5.69 Å². The molecule has 8 nitrogen and oxygen atoms in total. The molecule has 1 N–H and O–H groups in total. The summed E-state index contributed by atoms with van der Waals surface area (Å²) >= 11 is 0. The fourth-order valence-corrected chi connectivity index (χ4v) is 4.37. The van der Waals surface area contributed by atoms with Gasteiger partial charge in [0.1, 0.15) is 11.6 Å². The first kappa shape index (κ1) is 21.7. The van der Waals surface area contributed by atoms with Crippen molar-refractivity contribution in [1.82, 2.24) is 14.1 Å². The van der Waals surface area contributed by atoms with E-state index in [2.05, 4.69) is 10.3 Å². The number of aromatic nitrogens is 3. The first-order chi connectivity index (χ1) is 15.4. The number of nitrogens with one attached hydrogen (secondary N) is 1. The van der Waals surface area contributed by atoms with Gasteiger partial charge in [0.25, 0.3) is 5.56 Å². The van der Waals surface area contributed by atoms with Crippen LogP contribution in [0.4, 0.5) is 10.1 Å². The van der Waals surface area contributed by atoms with Gasteiger partial charge in [0, 0.05) is 25.6 Å². The second-order valence-corrected chi connectivity index (χ2v) is 8.24. The van der Waals surface area contributed by atoms with Gasteiger partial charge in [-0.25, -0.2) is 9.18 Å². The molecular formula is C23H25FN4O4. The molecule has 9 heteroatoms. The number of halogens is 1. The van der Waals surface area contributed by atoms with Crippen LogP contribution in [0.3, 0.4) is 0 Å². The van der Waals surface area contributed by atoms with E-state index in [4.69, 9.17) is 4.74 Å². The molecule has 1 saturated carbocycles. The fraction of sp³-hybridized carbons (Fsp3) is 0.391. The van der Waals surface area contributed by atoms with Crippen LogP contribution in [-0.4, -0.2) is 27.1 Å². The molecule has 0 bridgehead atoms. The Morgan fingerprint density at radius 2 is 1.94 bits per heavy atom. The maximum Gasteiger partial charge on any atom is 0.331 e. The SMILES string of the molecule is COc1ccc2c(c1)c(=O)n(CC1CCC(C(=O)Nc3cncc(F)c3)CC1)c(=O)n2C. The normalized spacial score (nSPS) is 18.5. The predicted molar refractivity (Wildman–Crippen MR) is 118 cm³/mol. The highest BCUT2D eigenvalue weighted by molar-refractivity contribution is 5.92. The molecular weight excluding hydrogens is 415 g/mol. The molecule has 0 unspecified atom stereocenters. The molecule has 0 radical (unpaired) electrons. The monoisotopic (exact) mass is 440 g/mol. The van der Waals surface area contributed by atoms with E-state index in [1.165, 1.54) is 28.5 Å². The highest BCUT2D eigenvalue weighted by Gasteiger charge is 2.27. The average Bonchev–Trinajstić information content (AvgIpc) is 2.80. The molecule has 1 aliphatic rings. The second-order valence-electron chi connectivity index (χ2n) is 8.24. The molecule has 1 aromatic carbocycles. The zero-order chi connectivity index (χ0) is 22.8. The van der Waals surface area contributed by atoms with Crippen molar-refractivity contribution in [2.24, 2.45) is 18.9 Å². The third-order valence-corrected chi connectivity index (χ3v) is 6.19. The Balaban J connectivity index is 1.46. The van der Waals surface area contributed by atoms with E-state index in [1.54, 1.807) is 25.2 Å². The second kappa shape index (κ2) is 8.94. The summed E-state index contributed by atoms with van der Waals surface area (Å²) in [6.45, 7) is 0.306. The van der Waals surface area contributed by atoms with Crippen LogP contribution >= 0.6 is 0 Å². The summed E-state index contributed by atoms with van der Waals surface area (Å²) in [6.07, 6.45) is 5.18. The number of anilines is 1. The number of methoxy groups -OCH3 is 1. The van der Waals surface area contributed by atoms with Crippen molar-refractivity contribution in [3.63, 3.8) is 0 Å². The molecule has 0 atom stereocenters. The van der Waals surface area contributed by atoms with Crippen LogP contribution < -0.4 is 21.3 Å². The molecule has 0 spiro atoms. The zero-order valence-corrected chi connectivity index (χ0v) is 18.0. The average molecular weight is 440 g/mol. The maximum absolute atomic E-state index is 13.3. The largest absolute Gasteiger partial charge is 0.497 e. The molecule has 0 aliphatic heterocycles. The fourth-order valence-electron chi connectivity index (χ4n) is 4.37. The van der Waals surface area contributed by atoms with Gasteiger partial charge in [0.2, 0.25) is 5.91 Å². The topological polar surface area (TPSA) is 95.2 Å². The van der Waals surface area contributed by atoms with Crippen LogP contribution in [0.5, 0.6) is 5.75 Å². The minimum atomic E-state index is -0.508. The van der Waals surface area contributed by atoms with Gasteiger partial charge in [-0.05, 0) is 49.8 Å². The lowest BCUT2D eigenvalue weighted by atomic mass is 9.81. The number of rotatable bonds is 5. The van der Waals surface area contributed by atoms with Gasteiger partial charge < -0.3 is 10.1 Å². The highest BCUT2D eigenvalue weighted by atomic mass is 19.1. The smallest absolute Gasteiger partial charge is 0.331 e. The molecule has 0 saturated heterocycles. The van der Waals surface area contributed by atoms with Gasteiger partial charge in [-0.1, -0.05) is 0 Å². The van der Waals surface area contributed by atoms with E-state index in [-0.39, 0.29) is 29.0 Å². The van der Waals surface area contributed by atoms with Gasteiger partial charge in [-0.15, -0.1) is 0 Å². The van der Waals surface area contributed by atoms with Crippen molar-refractivity contribution in [3.8, 4) is 5.75 Å². The first-order valence-corrected chi connectivity index (χ1v) is 10.6. The van der Waals surface area contributed by atoms with Gasteiger partial charge in [0.05, 0.1) is 36.1 Å². The van der Waals surface area contributed by atoms with Crippen LogP contribution in [0.15, 0.2) is 46.2 Å². The van der Waals surface area contributed by atoms with Crippen molar-refractivity contribution >= 4 is 22.5 Å². The van der Waals surface area contributed by atoms with Crippen LogP contribution in [0.1, 0.15) is 25.7 Å². The van der Waals surface area contributed by atoms with Gasteiger partial charge in [-0.3, -0.25) is 23.7 Å². The number of ether oxygens (including phenoxy) is 1. The highest BCUT2D eigenvalue weighted by Crippen LogP contribution is 2.30. The van der Waals surface area contributed by atoms with E-state index in [0.717, 1.165) is 6.20 Å². The maximum atomic E-state index is 13.3. The van der Waals surface area contributed by atoms with Crippen LogP contribution in [0.2, 0.25) is 0 Å². The lowest BCUT2D eigenvalue weighted by Crippen LogP contribution is -2.41. The Bertz CT molecular complexity index is 1280. The third kappa shape index (κ3) is 4.28. The number of carbonyl (C=O) groups excluding carboxylic acids is 1. The number of aryl methyl sites for hydroxylation is 1. The quantitative estimate of drug-likeness (QED) is 0.658. The number of amides is 1. The van der Waals surface area contributed by atoms with Crippen molar-refractivity contribution in [3.05, 3.63) is 63.3 Å². The summed E-state index contributed by atoms with van der Waals surface area (Å²) in [5.41, 5.74) is 0.203. The molecule has 2 aromatic heterocycles. The zero-order valence-electron chi connectivity index (χ0n) is 18.0. The van der Waals surface area contributed by atoms with E-state index >= 15 is 0 Å². The number of fused-ring (bicyclic) bond motifs is 1. The lowest BCUT2D eigenvalue weighted by molar-refractivity contribution is -0.121. The lowest BCUT2D eigenvalue weighted by Gasteiger charge is -2.28. The molecule has 1 aliphatic carbocycles.